The van der Waals surface area contributed by atoms with Gasteiger partial charge in [0.1, 0.15) is 0 Å². The molecule has 1 heterocycles. The van der Waals surface area contributed by atoms with Crippen molar-refractivity contribution in [2.24, 2.45) is 0 Å². The molecule has 0 radical (unpaired) electrons. The van der Waals surface area contributed by atoms with Gasteiger partial charge in [0, 0.05) is 30.0 Å². The first kappa shape index (κ1) is 15.7. The summed E-state index contributed by atoms with van der Waals surface area (Å²) in [5, 5.41) is 5.08. The highest BCUT2D eigenvalue weighted by Crippen LogP contribution is 2.23. The van der Waals surface area contributed by atoms with Gasteiger partial charge in [-0.05, 0) is 60.4 Å². The molecule has 0 atom stereocenters. The molecule has 25 heavy (non-hydrogen) atoms. The van der Waals surface area contributed by atoms with E-state index in [2.05, 4.69) is 22.3 Å². The minimum atomic E-state index is -0.0671. The molecule has 1 N–H and O–H groups in total. The fourth-order valence-corrected chi connectivity index (χ4v) is 3.53. The van der Waals surface area contributed by atoms with Crippen LogP contribution in [-0.2, 0) is 0 Å². The van der Waals surface area contributed by atoms with Crippen LogP contribution in [0.3, 0.4) is 0 Å². The molecule has 3 aromatic carbocycles. The van der Waals surface area contributed by atoms with Crippen LogP contribution in [0.15, 0.2) is 66.7 Å². The van der Waals surface area contributed by atoms with Crippen LogP contribution < -0.4 is 10.2 Å². The Hall–Kier alpha value is -2.81. The Morgan fingerprint density at radius 3 is 2.32 bits per heavy atom. The SMILES string of the molecule is O=C(Nc1ccc(N2CCCCC2)cc1)c1cccc2ccccc12. The zero-order valence-electron chi connectivity index (χ0n) is 14.2. The molecule has 0 unspecified atom stereocenters. The molecule has 1 fully saturated rings. The Morgan fingerprint density at radius 1 is 0.800 bits per heavy atom. The molecule has 0 aliphatic carbocycles. The van der Waals surface area contributed by atoms with Gasteiger partial charge in [-0.2, -0.15) is 0 Å². The zero-order chi connectivity index (χ0) is 17.1. The van der Waals surface area contributed by atoms with Gasteiger partial charge in [0.15, 0.2) is 0 Å². The third kappa shape index (κ3) is 3.36. The van der Waals surface area contributed by atoms with Crippen molar-refractivity contribution in [1.82, 2.24) is 0 Å². The Morgan fingerprint density at radius 2 is 1.52 bits per heavy atom. The molecule has 0 bridgehead atoms. The van der Waals surface area contributed by atoms with E-state index in [0.29, 0.717) is 5.56 Å². The standard InChI is InChI=1S/C22H22N2O/c25-22(21-10-6-8-17-7-2-3-9-20(17)21)23-18-11-13-19(14-12-18)24-15-4-1-5-16-24/h2-3,6-14H,1,4-5,15-16H2,(H,23,25). The maximum atomic E-state index is 12.7. The number of amides is 1. The fourth-order valence-electron chi connectivity index (χ4n) is 3.53. The molecule has 0 saturated carbocycles. The molecular formula is C22H22N2O. The third-order valence-electron chi connectivity index (χ3n) is 4.88. The molecule has 3 heteroatoms. The highest BCUT2D eigenvalue weighted by Gasteiger charge is 2.12. The molecule has 1 saturated heterocycles. The van der Waals surface area contributed by atoms with Crippen molar-refractivity contribution in [3.05, 3.63) is 72.3 Å². The van der Waals surface area contributed by atoms with E-state index in [9.17, 15) is 4.79 Å². The van der Waals surface area contributed by atoms with E-state index in [1.165, 1.54) is 24.9 Å². The number of carbonyl (C=O) groups excluding carboxylic acids is 1. The molecule has 1 aliphatic rings. The van der Waals surface area contributed by atoms with Crippen molar-refractivity contribution in [3.63, 3.8) is 0 Å². The predicted octanol–water partition coefficient (Wildman–Crippen LogP) is 5.08. The van der Waals surface area contributed by atoms with Gasteiger partial charge in [0.2, 0.25) is 0 Å². The van der Waals surface area contributed by atoms with Gasteiger partial charge in [-0.25, -0.2) is 0 Å². The molecule has 1 amide bonds. The van der Waals surface area contributed by atoms with Crippen LogP contribution >= 0.6 is 0 Å². The summed E-state index contributed by atoms with van der Waals surface area (Å²) in [4.78, 5) is 15.1. The number of anilines is 2. The average molecular weight is 330 g/mol. The lowest BCUT2D eigenvalue weighted by Crippen LogP contribution is -2.29. The second kappa shape index (κ2) is 6.98. The number of hydrogen-bond donors (Lipinski definition) is 1. The lowest BCUT2D eigenvalue weighted by Gasteiger charge is -2.28. The lowest BCUT2D eigenvalue weighted by molar-refractivity contribution is 0.102. The highest BCUT2D eigenvalue weighted by molar-refractivity contribution is 6.12. The van der Waals surface area contributed by atoms with Gasteiger partial charge >= 0.3 is 0 Å². The van der Waals surface area contributed by atoms with Gasteiger partial charge in [-0.15, -0.1) is 0 Å². The summed E-state index contributed by atoms with van der Waals surface area (Å²) >= 11 is 0. The van der Waals surface area contributed by atoms with Gasteiger partial charge < -0.3 is 10.2 Å². The van der Waals surface area contributed by atoms with Gasteiger partial charge in [-0.1, -0.05) is 36.4 Å². The van der Waals surface area contributed by atoms with E-state index in [4.69, 9.17) is 0 Å². The summed E-state index contributed by atoms with van der Waals surface area (Å²) < 4.78 is 0. The minimum Gasteiger partial charge on any atom is -0.372 e. The molecular weight excluding hydrogens is 308 g/mol. The smallest absolute Gasteiger partial charge is 0.256 e. The van der Waals surface area contributed by atoms with Crippen LogP contribution in [-0.4, -0.2) is 19.0 Å². The van der Waals surface area contributed by atoms with Gasteiger partial charge in [0.05, 0.1) is 0 Å². The molecule has 0 aromatic heterocycles. The number of nitrogens with one attached hydrogen (secondary N) is 1. The summed E-state index contributed by atoms with van der Waals surface area (Å²) in [6.45, 7) is 2.25. The topological polar surface area (TPSA) is 32.3 Å². The van der Waals surface area contributed by atoms with Crippen LogP contribution in [0, 0.1) is 0 Å². The summed E-state index contributed by atoms with van der Waals surface area (Å²) in [6.07, 6.45) is 3.86. The van der Waals surface area contributed by atoms with E-state index in [0.717, 1.165) is 29.5 Å². The van der Waals surface area contributed by atoms with Crippen LogP contribution in [0.1, 0.15) is 29.6 Å². The lowest BCUT2D eigenvalue weighted by atomic mass is 10.0. The monoisotopic (exact) mass is 330 g/mol. The number of hydrogen-bond acceptors (Lipinski definition) is 2. The molecule has 3 nitrogen and oxygen atoms in total. The first-order chi connectivity index (χ1) is 12.3. The van der Waals surface area contributed by atoms with Crippen molar-refractivity contribution < 1.29 is 4.79 Å². The first-order valence-electron chi connectivity index (χ1n) is 8.95. The summed E-state index contributed by atoms with van der Waals surface area (Å²) in [7, 11) is 0. The minimum absolute atomic E-state index is 0.0671. The van der Waals surface area contributed by atoms with E-state index < -0.39 is 0 Å². The number of piperidine rings is 1. The van der Waals surface area contributed by atoms with Crippen LogP contribution in [0.5, 0.6) is 0 Å². The number of carbonyl (C=O) groups is 1. The van der Waals surface area contributed by atoms with Crippen LogP contribution in [0.4, 0.5) is 11.4 Å². The molecule has 0 spiro atoms. The van der Waals surface area contributed by atoms with Crippen molar-refractivity contribution >= 4 is 28.1 Å². The maximum Gasteiger partial charge on any atom is 0.256 e. The van der Waals surface area contributed by atoms with Crippen molar-refractivity contribution in [1.29, 1.82) is 0 Å². The normalized spacial score (nSPS) is 14.5. The number of benzene rings is 3. The van der Waals surface area contributed by atoms with Gasteiger partial charge in [0.25, 0.3) is 5.91 Å². The number of fused-ring (bicyclic) bond motifs is 1. The van der Waals surface area contributed by atoms with Gasteiger partial charge in [-0.3, -0.25) is 4.79 Å². The Labute approximate surface area is 148 Å². The second-order valence-electron chi connectivity index (χ2n) is 6.58. The van der Waals surface area contributed by atoms with Crippen LogP contribution in [0.25, 0.3) is 10.8 Å². The Kier molecular flexibility index (Phi) is 4.38. The summed E-state index contributed by atoms with van der Waals surface area (Å²) in [5.41, 5.74) is 2.78. The molecule has 126 valence electrons. The molecule has 1 aliphatic heterocycles. The first-order valence-corrected chi connectivity index (χ1v) is 8.95. The fraction of sp³-hybridized carbons (Fsp3) is 0.227. The largest absolute Gasteiger partial charge is 0.372 e. The van der Waals surface area contributed by atoms with Crippen molar-refractivity contribution in [2.75, 3.05) is 23.3 Å². The number of nitrogens with zero attached hydrogens (tertiary/aromatic N) is 1. The van der Waals surface area contributed by atoms with E-state index in [-0.39, 0.29) is 5.91 Å². The second-order valence-corrected chi connectivity index (χ2v) is 6.58. The quantitative estimate of drug-likeness (QED) is 0.726. The molecule has 4 rings (SSSR count). The van der Waals surface area contributed by atoms with Crippen molar-refractivity contribution in [3.8, 4) is 0 Å². The van der Waals surface area contributed by atoms with Crippen LogP contribution in [0.2, 0.25) is 0 Å². The zero-order valence-corrected chi connectivity index (χ0v) is 14.2. The Bertz CT molecular complexity index is 875. The van der Waals surface area contributed by atoms with E-state index in [1.807, 2.05) is 54.6 Å². The number of rotatable bonds is 3. The highest BCUT2D eigenvalue weighted by atomic mass is 16.1. The average Bonchev–Trinajstić information content (AvgIpc) is 2.69. The van der Waals surface area contributed by atoms with Crippen molar-refractivity contribution in [2.45, 2.75) is 19.3 Å². The van der Waals surface area contributed by atoms with E-state index >= 15 is 0 Å². The predicted molar refractivity (Wildman–Crippen MR) is 104 cm³/mol. The van der Waals surface area contributed by atoms with E-state index in [1.54, 1.807) is 0 Å². The Balaban J connectivity index is 1.52. The summed E-state index contributed by atoms with van der Waals surface area (Å²) in [6, 6.07) is 22.0. The molecule has 3 aromatic rings. The maximum absolute atomic E-state index is 12.7. The summed E-state index contributed by atoms with van der Waals surface area (Å²) in [5.74, 6) is -0.0671. The third-order valence-corrected chi connectivity index (χ3v) is 4.88.